The van der Waals surface area contributed by atoms with Crippen molar-refractivity contribution in [3.05, 3.63) is 97.2 Å². The third-order valence-electron chi connectivity index (χ3n) is 12.5. The van der Waals surface area contributed by atoms with E-state index in [0.717, 1.165) is 89.9 Å². The first-order valence-electron chi connectivity index (χ1n) is 29.7. The SMILES string of the molecule is CC/C=C\C/C=C\C/C=C\C/C=C\C/C=C\CCCCCCCCCCCCCCCCCCCCCCCCCC(=O)OC(COC(=O)CCCCC/C=C\C/C=C\C/C=C\CC)COP(=O)(O)OCCN. The van der Waals surface area contributed by atoms with Crippen molar-refractivity contribution < 1.29 is 37.6 Å². The van der Waals surface area contributed by atoms with Crippen LogP contribution in [0.15, 0.2) is 97.2 Å². The van der Waals surface area contributed by atoms with Crippen molar-refractivity contribution in [2.24, 2.45) is 5.73 Å². The molecular formula is C63H110NO8P. The number of phosphoric ester groups is 1. The standard InChI is InChI=1S/C63H110NO8P/c1-3-5-7-9-11-13-15-17-18-19-20-21-22-23-24-25-26-27-28-29-30-31-32-33-34-35-36-37-38-39-40-41-42-44-46-48-50-52-54-56-63(66)72-61(60-71-73(67,68)70-58-57-64)59-69-62(65)55-53-51-49-47-45-43-16-14-12-10-8-6-4-2/h5-8,11-14,17-18,20-21,23-24,43,45,61H,3-4,9-10,15-16,19,22,25-42,44,46-60,64H2,1-2H3,(H,67,68)/b7-5-,8-6-,13-11-,14-12-,18-17-,21-20-,24-23-,45-43-. The maximum absolute atomic E-state index is 12.7. The highest BCUT2D eigenvalue weighted by atomic mass is 31.2. The van der Waals surface area contributed by atoms with Gasteiger partial charge in [-0.25, -0.2) is 4.57 Å². The number of allylic oxidation sites excluding steroid dienone is 16. The van der Waals surface area contributed by atoms with Gasteiger partial charge in [0.2, 0.25) is 0 Å². The summed E-state index contributed by atoms with van der Waals surface area (Å²) in [4.78, 5) is 35.1. The summed E-state index contributed by atoms with van der Waals surface area (Å²) in [7, 11) is -4.39. The number of esters is 2. The molecule has 0 radical (unpaired) electrons. The lowest BCUT2D eigenvalue weighted by Crippen LogP contribution is -2.29. The fourth-order valence-corrected chi connectivity index (χ4v) is 8.91. The highest BCUT2D eigenvalue weighted by molar-refractivity contribution is 7.47. The molecule has 0 saturated heterocycles. The maximum Gasteiger partial charge on any atom is 0.472 e. The van der Waals surface area contributed by atoms with Gasteiger partial charge in [0.25, 0.3) is 0 Å². The Hall–Kier alpha value is -3.07. The zero-order chi connectivity index (χ0) is 53.1. The second-order valence-electron chi connectivity index (χ2n) is 19.5. The molecule has 73 heavy (non-hydrogen) atoms. The maximum atomic E-state index is 12.7. The van der Waals surface area contributed by atoms with Gasteiger partial charge < -0.3 is 20.1 Å². The minimum atomic E-state index is -4.39. The van der Waals surface area contributed by atoms with Crippen molar-refractivity contribution in [1.82, 2.24) is 0 Å². The van der Waals surface area contributed by atoms with E-state index in [2.05, 4.69) is 111 Å². The normalized spacial score (nSPS) is 13.8. The molecule has 10 heteroatoms. The predicted molar refractivity (Wildman–Crippen MR) is 312 cm³/mol. The van der Waals surface area contributed by atoms with E-state index in [1.165, 1.54) is 128 Å². The topological polar surface area (TPSA) is 134 Å². The van der Waals surface area contributed by atoms with Gasteiger partial charge in [-0.15, -0.1) is 0 Å². The molecule has 0 rings (SSSR count). The Bertz CT molecular complexity index is 1510. The van der Waals surface area contributed by atoms with Crippen LogP contribution < -0.4 is 5.73 Å². The van der Waals surface area contributed by atoms with E-state index in [4.69, 9.17) is 24.3 Å². The van der Waals surface area contributed by atoms with Crippen LogP contribution in [0.4, 0.5) is 0 Å². The number of nitrogens with two attached hydrogens (primary N) is 1. The molecule has 0 amide bonds. The molecule has 9 nitrogen and oxygen atoms in total. The fraction of sp³-hybridized carbons (Fsp3) is 0.714. The van der Waals surface area contributed by atoms with Gasteiger partial charge in [-0.05, 0) is 89.9 Å². The monoisotopic (exact) mass is 1040 g/mol. The Morgan fingerprint density at radius 3 is 1.07 bits per heavy atom. The van der Waals surface area contributed by atoms with E-state index >= 15 is 0 Å². The van der Waals surface area contributed by atoms with Gasteiger partial charge in [0.05, 0.1) is 13.2 Å². The average Bonchev–Trinajstić information content (AvgIpc) is 3.38. The summed E-state index contributed by atoms with van der Waals surface area (Å²) in [6.07, 6.45) is 77.9. The van der Waals surface area contributed by atoms with Crippen molar-refractivity contribution in [3.63, 3.8) is 0 Å². The van der Waals surface area contributed by atoms with Crippen LogP contribution in [0.2, 0.25) is 0 Å². The van der Waals surface area contributed by atoms with Crippen LogP contribution in [0.3, 0.4) is 0 Å². The molecule has 0 bridgehead atoms. The Morgan fingerprint density at radius 1 is 0.411 bits per heavy atom. The molecule has 0 aliphatic carbocycles. The summed E-state index contributed by atoms with van der Waals surface area (Å²) in [6, 6.07) is 0. The Kier molecular flexibility index (Phi) is 55.7. The molecular weight excluding hydrogens is 930 g/mol. The molecule has 0 aromatic carbocycles. The summed E-state index contributed by atoms with van der Waals surface area (Å²) in [6.45, 7) is 3.48. The Balaban J connectivity index is 3.79. The number of carbonyl (C=O) groups is 2. The van der Waals surface area contributed by atoms with Crippen LogP contribution >= 0.6 is 7.82 Å². The quantitative estimate of drug-likeness (QED) is 0.0264. The van der Waals surface area contributed by atoms with Gasteiger partial charge in [0.15, 0.2) is 6.10 Å². The van der Waals surface area contributed by atoms with Crippen LogP contribution in [-0.4, -0.2) is 49.3 Å². The van der Waals surface area contributed by atoms with E-state index in [0.29, 0.717) is 12.8 Å². The van der Waals surface area contributed by atoms with Gasteiger partial charge >= 0.3 is 19.8 Å². The van der Waals surface area contributed by atoms with Crippen LogP contribution in [-0.2, 0) is 32.7 Å². The Morgan fingerprint density at radius 2 is 0.712 bits per heavy atom. The van der Waals surface area contributed by atoms with E-state index in [9.17, 15) is 19.0 Å². The van der Waals surface area contributed by atoms with Gasteiger partial charge in [-0.3, -0.25) is 18.6 Å². The third-order valence-corrected chi connectivity index (χ3v) is 13.4. The van der Waals surface area contributed by atoms with Crippen LogP contribution in [0.5, 0.6) is 0 Å². The van der Waals surface area contributed by atoms with Crippen molar-refractivity contribution in [2.45, 2.75) is 264 Å². The summed E-state index contributed by atoms with van der Waals surface area (Å²) in [5, 5.41) is 0. The Labute approximate surface area is 448 Å². The van der Waals surface area contributed by atoms with E-state index in [-0.39, 0.29) is 32.6 Å². The number of unbranched alkanes of at least 4 members (excludes halogenated alkanes) is 26. The number of hydrogen-bond donors (Lipinski definition) is 2. The number of carbonyl (C=O) groups excluding carboxylic acids is 2. The molecule has 3 N–H and O–H groups in total. The van der Waals surface area contributed by atoms with Crippen molar-refractivity contribution >= 4 is 19.8 Å². The van der Waals surface area contributed by atoms with Crippen molar-refractivity contribution in [2.75, 3.05) is 26.4 Å². The zero-order valence-electron chi connectivity index (χ0n) is 46.8. The molecule has 0 heterocycles. The number of phosphoric acid groups is 1. The van der Waals surface area contributed by atoms with Gasteiger partial charge in [0, 0.05) is 19.4 Å². The summed E-state index contributed by atoms with van der Waals surface area (Å²) in [5.74, 6) is -0.859. The highest BCUT2D eigenvalue weighted by Gasteiger charge is 2.26. The van der Waals surface area contributed by atoms with E-state index < -0.39 is 32.5 Å². The molecule has 0 aromatic heterocycles. The average molecular weight is 1040 g/mol. The zero-order valence-corrected chi connectivity index (χ0v) is 47.7. The highest BCUT2D eigenvalue weighted by Crippen LogP contribution is 2.43. The summed E-state index contributed by atoms with van der Waals surface area (Å²) >= 11 is 0. The van der Waals surface area contributed by atoms with Crippen LogP contribution in [0.25, 0.3) is 0 Å². The predicted octanol–water partition coefficient (Wildman–Crippen LogP) is 18.8. The lowest BCUT2D eigenvalue weighted by atomic mass is 10.0. The number of ether oxygens (including phenoxy) is 2. The lowest BCUT2D eigenvalue weighted by molar-refractivity contribution is -0.161. The second kappa shape index (κ2) is 58.2. The smallest absolute Gasteiger partial charge is 0.462 e. The van der Waals surface area contributed by atoms with Crippen LogP contribution in [0, 0.1) is 0 Å². The van der Waals surface area contributed by atoms with E-state index in [1.54, 1.807) is 0 Å². The number of rotatable bonds is 55. The first-order chi connectivity index (χ1) is 35.8. The second-order valence-corrected chi connectivity index (χ2v) is 20.9. The summed E-state index contributed by atoms with van der Waals surface area (Å²) < 4.78 is 32.9. The molecule has 0 aromatic rings. The minimum absolute atomic E-state index is 0.0472. The van der Waals surface area contributed by atoms with E-state index in [1.807, 2.05) is 0 Å². The molecule has 2 atom stereocenters. The first-order valence-corrected chi connectivity index (χ1v) is 31.2. The number of hydrogen-bond acceptors (Lipinski definition) is 8. The van der Waals surface area contributed by atoms with Gasteiger partial charge in [0.1, 0.15) is 6.61 Å². The fourth-order valence-electron chi connectivity index (χ4n) is 8.15. The molecule has 0 fully saturated rings. The summed E-state index contributed by atoms with van der Waals surface area (Å²) in [5.41, 5.74) is 5.37. The molecule has 0 aliphatic rings. The van der Waals surface area contributed by atoms with Crippen molar-refractivity contribution in [3.8, 4) is 0 Å². The molecule has 0 saturated carbocycles. The molecule has 2 unspecified atom stereocenters. The lowest BCUT2D eigenvalue weighted by Gasteiger charge is -2.19. The first kappa shape index (κ1) is 69.9. The third kappa shape index (κ3) is 58.1. The van der Waals surface area contributed by atoms with Crippen LogP contribution in [0.1, 0.15) is 258 Å². The molecule has 0 spiro atoms. The van der Waals surface area contributed by atoms with Crippen molar-refractivity contribution in [1.29, 1.82) is 0 Å². The largest absolute Gasteiger partial charge is 0.472 e. The minimum Gasteiger partial charge on any atom is -0.462 e. The molecule has 0 aliphatic heterocycles. The van der Waals surface area contributed by atoms with Gasteiger partial charge in [-0.2, -0.15) is 0 Å². The van der Waals surface area contributed by atoms with Gasteiger partial charge in [-0.1, -0.05) is 252 Å². The molecule has 420 valence electrons.